The van der Waals surface area contributed by atoms with Gasteiger partial charge in [0.25, 0.3) is 0 Å². The van der Waals surface area contributed by atoms with Crippen LogP contribution >= 0.6 is 0 Å². The quantitative estimate of drug-likeness (QED) is 0.217. The molecule has 0 aliphatic carbocycles. The first-order valence-electron chi connectivity index (χ1n) is 2.46. The molecule has 10 heteroatoms. The second-order valence-electron chi connectivity index (χ2n) is 1.46. The van der Waals surface area contributed by atoms with Crippen molar-refractivity contribution in [2.75, 3.05) is 0 Å². The molecule has 0 saturated carbocycles. The Balaban J connectivity index is -0.0000000770. The maximum atomic E-state index is 9.55. The summed E-state index contributed by atoms with van der Waals surface area (Å²) in [6.45, 7) is 0. The maximum absolute atomic E-state index is 9.55. The van der Waals surface area contributed by atoms with Crippen LogP contribution in [0.4, 0.5) is 0 Å². The Morgan fingerprint density at radius 1 is 1.00 bits per heavy atom. The van der Waals surface area contributed by atoms with Gasteiger partial charge in [0.1, 0.15) is 0 Å². The average Bonchev–Trinajstić information content (AvgIpc) is 1.79. The van der Waals surface area contributed by atoms with Gasteiger partial charge in [0.15, 0.2) is 0 Å². The van der Waals surface area contributed by atoms with Gasteiger partial charge in [0, 0.05) is 12.2 Å². The van der Waals surface area contributed by atoms with Crippen LogP contribution in [-0.4, -0.2) is 39.7 Å². The van der Waals surface area contributed by atoms with E-state index >= 15 is 0 Å². The Kier molecular flexibility index (Phi) is 12.5. The predicted molar refractivity (Wildman–Crippen MR) is 39.7 cm³/mol. The molecule has 0 aromatic rings. The fourth-order valence-corrected chi connectivity index (χ4v) is 0.143. The molecule has 0 aliphatic heterocycles. The summed E-state index contributed by atoms with van der Waals surface area (Å²) in [5.41, 5.74) is 0. The Morgan fingerprint density at radius 3 is 1.21 bits per heavy atom. The topological polar surface area (TPSA) is 149 Å². The second-order valence-corrected chi connectivity index (χ2v) is 2.35. The Labute approximate surface area is 103 Å². The Morgan fingerprint density at radius 2 is 1.14 bits per heavy atom. The first-order valence-corrected chi connectivity index (χ1v) is 3.86. The smallest absolute Gasteiger partial charge is 1.00 e. The molecule has 0 atom stereocenters. The van der Waals surface area contributed by atoms with Crippen LogP contribution in [0.5, 0.6) is 0 Å². The molecule has 0 amide bonds. The van der Waals surface area contributed by atoms with Gasteiger partial charge < -0.3 is 11.6 Å². The zero-order valence-electron chi connectivity index (χ0n) is 7.98. The van der Waals surface area contributed by atoms with Gasteiger partial charge in [0.2, 0.25) is 0 Å². The van der Waals surface area contributed by atoms with Gasteiger partial charge >= 0.3 is 51.9 Å². The molecule has 0 aromatic carbocycles. The predicted octanol–water partition coefficient (Wildman–Crippen LogP) is -3.82. The Hall–Kier alpha value is -0.450. The summed E-state index contributed by atoms with van der Waals surface area (Å²) < 4.78 is 31.6. The van der Waals surface area contributed by atoms with E-state index in [1.54, 1.807) is 0 Å². The van der Waals surface area contributed by atoms with Crippen LogP contribution in [-0.2, 0) is 20.0 Å². The van der Waals surface area contributed by atoms with Crippen LogP contribution in [0.15, 0.2) is 12.2 Å². The molecule has 0 spiro atoms. The SMILES string of the molecule is O=C(O)/C=C\C(=O)O.O=S(=O)(O)O.[H-].[Na+]. The molecule has 0 aromatic heterocycles. The van der Waals surface area contributed by atoms with E-state index in [2.05, 4.69) is 0 Å². The van der Waals surface area contributed by atoms with Crippen LogP contribution in [0.2, 0.25) is 0 Å². The van der Waals surface area contributed by atoms with E-state index in [-0.39, 0.29) is 31.0 Å². The van der Waals surface area contributed by atoms with Crippen LogP contribution in [0.1, 0.15) is 1.43 Å². The summed E-state index contributed by atoms with van der Waals surface area (Å²) >= 11 is 0. The van der Waals surface area contributed by atoms with Crippen LogP contribution in [0, 0.1) is 0 Å². The van der Waals surface area contributed by atoms with E-state index in [9.17, 15) is 9.59 Å². The first kappa shape index (κ1) is 19.2. The first-order chi connectivity index (χ1) is 5.63. The van der Waals surface area contributed by atoms with E-state index in [1.807, 2.05) is 0 Å². The van der Waals surface area contributed by atoms with Crippen molar-refractivity contribution in [3.8, 4) is 0 Å². The molecule has 0 saturated heterocycles. The number of carbonyl (C=O) groups is 2. The molecular formula is C4H7NaO8S. The van der Waals surface area contributed by atoms with Crippen molar-refractivity contribution in [1.82, 2.24) is 0 Å². The van der Waals surface area contributed by atoms with Crippen molar-refractivity contribution >= 4 is 22.3 Å². The van der Waals surface area contributed by atoms with E-state index in [0.717, 1.165) is 0 Å². The molecule has 0 heterocycles. The van der Waals surface area contributed by atoms with E-state index < -0.39 is 22.3 Å². The second kappa shape index (κ2) is 9.12. The fourth-order valence-electron chi connectivity index (χ4n) is 0.143. The minimum absolute atomic E-state index is 0. The van der Waals surface area contributed by atoms with Crippen molar-refractivity contribution in [2.24, 2.45) is 0 Å². The normalized spacial score (nSPS) is 9.57. The molecule has 0 aliphatic rings. The molecule has 0 bridgehead atoms. The summed E-state index contributed by atoms with van der Waals surface area (Å²) in [6, 6.07) is 0. The zero-order chi connectivity index (χ0) is 11.1. The zero-order valence-corrected chi connectivity index (χ0v) is 9.80. The van der Waals surface area contributed by atoms with E-state index in [1.165, 1.54) is 0 Å². The third kappa shape index (κ3) is 62.1. The van der Waals surface area contributed by atoms with Gasteiger partial charge in [-0.2, -0.15) is 8.42 Å². The number of carboxylic acid groups (broad SMARTS) is 2. The summed E-state index contributed by atoms with van der Waals surface area (Å²) in [5.74, 6) is -2.51. The van der Waals surface area contributed by atoms with Crippen molar-refractivity contribution in [2.45, 2.75) is 0 Å². The summed E-state index contributed by atoms with van der Waals surface area (Å²) in [4.78, 5) is 19.1. The molecule has 0 unspecified atom stereocenters. The van der Waals surface area contributed by atoms with Gasteiger partial charge in [-0.25, -0.2) is 9.59 Å². The average molecular weight is 238 g/mol. The van der Waals surface area contributed by atoms with Crippen molar-refractivity contribution in [3.63, 3.8) is 0 Å². The molecule has 0 fully saturated rings. The monoisotopic (exact) mass is 238 g/mol. The molecule has 8 nitrogen and oxygen atoms in total. The fraction of sp³-hybridized carbons (Fsp3) is 0. The molecule has 14 heavy (non-hydrogen) atoms. The van der Waals surface area contributed by atoms with Crippen molar-refractivity contribution in [3.05, 3.63) is 12.2 Å². The minimum atomic E-state index is -4.67. The Bertz CT molecular complexity index is 285. The van der Waals surface area contributed by atoms with Gasteiger partial charge in [-0.1, -0.05) is 0 Å². The third-order valence-corrected chi connectivity index (χ3v) is 0.368. The van der Waals surface area contributed by atoms with Crippen LogP contribution in [0.25, 0.3) is 0 Å². The number of hydrogen-bond acceptors (Lipinski definition) is 4. The van der Waals surface area contributed by atoms with Crippen LogP contribution in [0.3, 0.4) is 0 Å². The summed E-state index contributed by atoms with van der Waals surface area (Å²) in [5, 5.41) is 15.6. The molecule has 0 rings (SSSR count). The van der Waals surface area contributed by atoms with Gasteiger partial charge in [-0.15, -0.1) is 0 Å². The van der Waals surface area contributed by atoms with Crippen molar-refractivity contribution in [1.29, 1.82) is 0 Å². The molecule has 78 valence electrons. The minimum Gasteiger partial charge on any atom is -1.00 e. The molecular weight excluding hydrogens is 231 g/mol. The maximum Gasteiger partial charge on any atom is 1.00 e. The van der Waals surface area contributed by atoms with E-state index in [4.69, 9.17) is 27.7 Å². The van der Waals surface area contributed by atoms with Gasteiger partial charge in [0.05, 0.1) is 0 Å². The number of rotatable bonds is 2. The van der Waals surface area contributed by atoms with Gasteiger partial charge in [-0.05, 0) is 0 Å². The van der Waals surface area contributed by atoms with Gasteiger partial charge in [-0.3, -0.25) is 9.11 Å². The number of aliphatic carboxylic acids is 2. The molecule has 4 N–H and O–H groups in total. The molecule has 0 radical (unpaired) electrons. The third-order valence-electron chi connectivity index (χ3n) is 0.368. The largest absolute Gasteiger partial charge is 1.00 e. The summed E-state index contributed by atoms with van der Waals surface area (Å²) in [6.07, 6.45) is 1.12. The standard InChI is InChI=1S/C4H4O4.Na.H2O4S.H/c5-3(6)1-2-4(7)8;;1-5(2,3)4;/h1-2H,(H,5,6)(H,7,8);;(H2,1,2,3,4);/q;+1;;-1/b2-1-;;;. The number of hydrogen-bond donors (Lipinski definition) is 4. The van der Waals surface area contributed by atoms with E-state index in [0.29, 0.717) is 12.2 Å². The summed E-state index contributed by atoms with van der Waals surface area (Å²) in [7, 11) is -4.67. The number of carboxylic acids is 2. The van der Waals surface area contributed by atoms with Crippen LogP contribution < -0.4 is 29.6 Å². The van der Waals surface area contributed by atoms with Crippen molar-refractivity contribution < 1.29 is 68.3 Å².